The van der Waals surface area contributed by atoms with Crippen molar-refractivity contribution in [2.45, 2.75) is 39.8 Å². The smallest absolute Gasteiger partial charge is 0.337 e. The minimum absolute atomic E-state index is 0.275. The molecule has 0 aliphatic rings. The first-order valence-corrected chi connectivity index (χ1v) is 7.13. The maximum Gasteiger partial charge on any atom is 0.337 e. The van der Waals surface area contributed by atoms with Crippen molar-refractivity contribution >= 4 is 16.9 Å². The average molecular weight is 290 g/mol. The van der Waals surface area contributed by atoms with Crippen LogP contribution in [0.5, 0.6) is 0 Å². The van der Waals surface area contributed by atoms with Crippen molar-refractivity contribution in [3.8, 4) is 0 Å². The number of benzene rings is 1. The van der Waals surface area contributed by atoms with Gasteiger partial charge in [0.15, 0.2) is 0 Å². The summed E-state index contributed by atoms with van der Waals surface area (Å²) in [6.45, 7) is 6.67. The molecule has 0 fully saturated rings. The third-order valence-corrected chi connectivity index (χ3v) is 3.84. The lowest BCUT2D eigenvalue weighted by Gasteiger charge is -2.10. The molecule has 2 aromatic rings. The van der Waals surface area contributed by atoms with Crippen molar-refractivity contribution in [3.05, 3.63) is 34.5 Å². The first-order chi connectivity index (χ1) is 9.88. The minimum atomic E-state index is -0.952. The Kier molecular flexibility index (Phi) is 4.34. The van der Waals surface area contributed by atoms with Crippen molar-refractivity contribution in [1.29, 1.82) is 0 Å². The van der Waals surface area contributed by atoms with Crippen molar-refractivity contribution in [2.75, 3.05) is 6.54 Å². The molecule has 2 rings (SSSR count). The summed E-state index contributed by atoms with van der Waals surface area (Å²) in [5.41, 5.74) is 9.11. The Bertz CT molecular complexity index is 687. The van der Waals surface area contributed by atoms with Crippen LogP contribution in [-0.2, 0) is 6.54 Å². The number of aryl methyl sites for hydroxylation is 2. The molecular formula is C16H22N2O3. The van der Waals surface area contributed by atoms with E-state index in [0.717, 1.165) is 28.6 Å². The molecule has 5 heteroatoms. The number of fused-ring (bicyclic) bond motifs is 1. The van der Waals surface area contributed by atoms with Crippen LogP contribution in [0.3, 0.4) is 0 Å². The highest BCUT2D eigenvalue weighted by Gasteiger charge is 2.22. The molecule has 0 aliphatic heterocycles. The van der Waals surface area contributed by atoms with E-state index in [1.54, 1.807) is 13.0 Å². The fraction of sp³-hybridized carbons (Fsp3) is 0.438. The Balaban J connectivity index is 2.87. The average Bonchev–Trinajstić information content (AvgIpc) is 2.67. The number of hydrogen-bond donors (Lipinski definition) is 3. The lowest BCUT2D eigenvalue weighted by Crippen LogP contribution is -2.09. The van der Waals surface area contributed by atoms with E-state index in [4.69, 9.17) is 5.73 Å². The molecule has 1 atom stereocenters. The highest BCUT2D eigenvalue weighted by molar-refractivity contribution is 6.04. The molecule has 21 heavy (non-hydrogen) atoms. The molecule has 0 amide bonds. The molecule has 1 aromatic heterocycles. The normalized spacial score (nSPS) is 12.8. The molecule has 0 radical (unpaired) electrons. The summed E-state index contributed by atoms with van der Waals surface area (Å²) in [6, 6.07) is 3.62. The second kappa shape index (κ2) is 5.87. The number of aliphatic hydroxyl groups excluding tert-OH is 1. The highest BCUT2D eigenvalue weighted by Crippen LogP contribution is 2.34. The van der Waals surface area contributed by atoms with E-state index in [1.165, 1.54) is 0 Å². The fourth-order valence-corrected chi connectivity index (χ4v) is 3.00. The van der Waals surface area contributed by atoms with Crippen molar-refractivity contribution < 1.29 is 15.0 Å². The van der Waals surface area contributed by atoms with Gasteiger partial charge in [-0.15, -0.1) is 0 Å². The molecule has 1 unspecified atom stereocenters. The summed E-state index contributed by atoms with van der Waals surface area (Å²) in [5, 5.41) is 20.4. The summed E-state index contributed by atoms with van der Waals surface area (Å²) >= 11 is 0. The van der Waals surface area contributed by atoms with Gasteiger partial charge in [-0.05, 0) is 51.4 Å². The zero-order valence-electron chi connectivity index (χ0n) is 12.7. The molecule has 114 valence electrons. The van der Waals surface area contributed by atoms with Crippen LogP contribution in [0, 0.1) is 13.8 Å². The molecule has 1 heterocycles. The molecule has 0 spiro atoms. The highest BCUT2D eigenvalue weighted by atomic mass is 16.4. The maximum absolute atomic E-state index is 11.6. The number of nitrogens with zero attached hydrogens (tertiary/aromatic N) is 1. The monoisotopic (exact) mass is 290 g/mol. The Hall–Kier alpha value is -1.85. The number of aromatic nitrogens is 1. The van der Waals surface area contributed by atoms with Gasteiger partial charge in [0.05, 0.1) is 17.2 Å². The number of rotatable bonds is 5. The van der Waals surface area contributed by atoms with E-state index < -0.39 is 12.1 Å². The molecule has 0 saturated carbocycles. The van der Waals surface area contributed by atoms with Crippen LogP contribution in [0.4, 0.5) is 0 Å². The molecule has 4 N–H and O–H groups in total. The first kappa shape index (κ1) is 15.5. The van der Waals surface area contributed by atoms with Crippen LogP contribution in [0.2, 0.25) is 0 Å². The number of aliphatic hydroxyl groups is 1. The van der Waals surface area contributed by atoms with Gasteiger partial charge in [0.1, 0.15) is 0 Å². The van der Waals surface area contributed by atoms with Crippen LogP contribution >= 0.6 is 0 Å². The SMILES string of the molecule is Cc1cc(C(=O)O)c2c(c1)c(C(C)O)c(C)n2CCCN. The number of aromatic carboxylic acids is 1. The van der Waals surface area contributed by atoms with E-state index in [2.05, 4.69) is 0 Å². The number of carboxylic acids is 1. The van der Waals surface area contributed by atoms with Crippen molar-refractivity contribution in [1.82, 2.24) is 4.57 Å². The summed E-state index contributed by atoms with van der Waals surface area (Å²) in [7, 11) is 0. The maximum atomic E-state index is 11.6. The van der Waals surface area contributed by atoms with E-state index in [1.807, 2.05) is 24.5 Å². The van der Waals surface area contributed by atoms with Gasteiger partial charge in [-0.3, -0.25) is 0 Å². The zero-order chi connectivity index (χ0) is 15.7. The lowest BCUT2D eigenvalue weighted by molar-refractivity contribution is 0.0698. The zero-order valence-corrected chi connectivity index (χ0v) is 12.7. The van der Waals surface area contributed by atoms with E-state index >= 15 is 0 Å². The second-order valence-corrected chi connectivity index (χ2v) is 5.48. The van der Waals surface area contributed by atoms with E-state index in [9.17, 15) is 15.0 Å². The van der Waals surface area contributed by atoms with Gasteiger partial charge in [0, 0.05) is 23.2 Å². The third kappa shape index (κ3) is 2.66. The van der Waals surface area contributed by atoms with Crippen LogP contribution in [0.1, 0.15) is 46.6 Å². The van der Waals surface area contributed by atoms with Crippen LogP contribution in [0.15, 0.2) is 12.1 Å². The van der Waals surface area contributed by atoms with Crippen LogP contribution in [0.25, 0.3) is 10.9 Å². The van der Waals surface area contributed by atoms with Gasteiger partial charge >= 0.3 is 5.97 Å². The van der Waals surface area contributed by atoms with Gasteiger partial charge in [-0.1, -0.05) is 0 Å². The molecule has 5 nitrogen and oxygen atoms in total. The summed E-state index contributed by atoms with van der Waals surface area (Å²) in [6.07, 6.45) is 0.117. The van der Waals surface area contributed by atoms with E-state index in [-0.39, 0.29) is 5.56 Å². The van der Waals surface area contributed by atoms with Crippen LogP contribution in [-0.4, -0.2) is 27.3 Å². The van der Waals surface area contributed by atoms with Crippen molar-refractivity contribution in [2.24, 2.45) is 5.73 Å². The summed E-state index contributed by atoms with van der Waals surface area (Å²) in [4.78, 5) is 11.6. The standard InChI is InChI=1S/C16H22N2O3/c1-9-7-12-14(11(3)19)10(2)18(6-4-5-17)15(12)13(8-9)16(20)21/h7-8,11,19H,4-6,17H2,1-3H3,(H,20,21). The minimum Gasteiger partial charge on any atom is -0.478 e. The molecule has 0 saturated heterocycles. The number of carboxylic acid groups (broad SMARTS) is 1. The largest absolute Gasteiger partial charge is 0.478 e. The lowest BCUT2D eigenvalue weighted by atomic mass is 10.0. The predicted molar refractivity (Wildman–Crippen MR) is 82.7 cm³/mol. The first-order valence-electron chi connectivity index (χ1n) is 7.13. The van der Waals surface area contributed by atoms with Gasteiger partial charge in [-0.2, -0.15) is 0 Å². The Morgan fingerprint density at radius 1 is 1.38 bits per heavy atom. The van der Waals surface area contributed by atoms with Crippen LogP contribution < -0.4 is 5.73 Å². The Labute approximate surface area is 124 Å². The fourth-order valence-electron chi connectivity index (χ4n) is 3.00. The molecule has 1 aromatic carbocycles. The Morgan fingerprint density at radius 3 is 2.57 bits per heavy atom. The summed E-state index contributed by atoms with van der Waals surface area (Å²) < 4.78 is 1.97. The molecule has 0 bridgehead atoms. The van der Waals surface area contributed by atoms with Gasteiger partial charge < -0.3 is 20.5 Å². The third-order valence-electron chi connectivity index (χ3n) is 3.84. The topological polar surface area (TPSA) is 88.5 Å². The number of nitrogens with two attached hydrogens (primary N) is 1. The molecular weight excluding hydrogens is 268 g/mol. The van der Waals surface area contributed by atoms with Crippen molar-refractivity contribution in [3.63, 3.8) is 0 Å². The van der Waals surface area contributed by atoms with E-state index in [0.29, 0.717) is 18.6 Å². The molecule has 0 aliphatic carbocycles. The van der Waals surface area contributed by atoms with Gasteiger partial charge in [0.2, 0.25) is 0 Å². The van der Waals surface area contributed by atoms with Gasteiger partial charge in [0.25, 0.3) is 0 Å². The quantitative estimate of drug-likeness (QED) is 0.788. The summed E-state index contributed by atoms with van der Waals surface area (Å²) in [5.74, 6) is -0.952. The second-order valence-electron chi connectivity index (χ2n) is 5.48. The Morgan fingerprint density at radius 2 is 2.05 bits per heavy atom. The predicted octanol–water partition coefficient (Wildman–Crippen LogP) is 2.36. The number of hydrogen-bond acceptors (Lipinski definition) is 3. The number of carbonyl (C=O) groups is 1. The van der Waals surface area contributed by atoms with Gasteiger partial charge in [-0.25, -0.2) is 4.79 Å².